The Kier molecular flexibility index (Phi) is 8.78. The van der Waals surface area contributed by atoms with Crippen LogP contribution in [0.15, 0.2) is 0 Å². The van der Waals surface area contributed by atoms with Gasteiger partial charge in [0.05, 0.1) is 33.0 Å². The van der Waals surface area contributed by atoms with Crippen molar-refractivity contribution < 1.29 is 19.3 Å². The highest BCUT2D eigenvalue weighted by molar-refractivity contribution is 4.47. The quantitative estimate of drug-likeness (QED) is 0.437. The second-order valence-corrected chi connectivity index (χ2v) is 4.32. The Labute approximate surface area is 98.3 Å². The van der Waals surface area contributed by atoms with Crippen LogP contribution in [0.2, 0.25) is 0 Å². The molecule has 0 saturated carbocycles. The van der Waals surface area contributed by atoms with Gasteiger partial charge in [-0.05, 0) is 27.9 Å². The lowest BCUT2D eigenvalue weighted by Crippen LogP contribution is -2.25. The molecule has 0 aromatic carbocycles. The van der Waals surface area contributed by atoms with Gasteiger partial charge in [0.1, 0.15) is 0 Å². The van der Waals surface area contributed by atoms with E-state index >= 15 is 0 Å². The van der Waals surface area contributed by atoms with Gasteiger partial charge in [0, 0.05) is 6.54 Å². The maximum absolute atomic E-state index is 9.24. The Morgan fingerprint density at radius 3 is 1.94 bits per heavy atom. The molecular weight excluding hydrogens is 210 g/mol. The number of ether oxygens (including phenoxy) is 3. The highest BCUT2D eigenvalue weighted by Crippen LogP contribution is 2.01. The molecule has 0 saturated heterocycles. The van der Waals surface area contributed by atoms with Gasteiger partial charge >= 0.3 is 0 Å². The van der Waals surface area contributed by atoms with E-state index in [2.05, 4.69) is 4.90 Å². The van der Waals surface area contributed by atoms with Crippen LogP contribution in [0.25, 0.3) is 0 Å². The van der Waals surface area contributed by atoms with Crippen molar-refractivity contribution in [3.05, 3.63) is 0 Å². The number of hydrogen-bond acceptors (Lipinski definition) is 5. The molecule has 1 N–H and O–H groups in total. The summed E-state index contributed by atoms with van der Waals surface area (Å²) in [4.78, 5) is 2.07. The molecule has 0 bridgehead atoms. The molecule has 0 amide bonds. The van der Waals surface area contributed by atoms with Crippen LogP contribution in [-0.4, -0.2) is 69.5 Å². The van der Waals surface area contributed by atoms with E-state index in [1.54, 1.807) is 13.8 Å². The van der Waals surface area contributed by atoms with Gasteiger partial charge in [0.2, 0.25) is 0 Å². The minimum atomic E-state index is -1.08. The van der Waals surface area contributed by atoms with E-state index in [0.29, 0.717) is 26.4 Å². The molecule has 0 atom stereocenters. The van der Waals surface area contributed by atoms with Crippen molar-refractivity contribution in [3.8, 4) is 0 Å². The van der Waals surface area contributed by atoms with Gasteiger partial charge in [-0.1, -0.05) is 0 Å². The third kappa shape index (κ3) is 13.8. The van der Waals surface area contributed by atoms with Crippen LogP contribution >= 0.6 is 0 Å². The maximum atomic E-state index is 9.24. The first kappa shape index (κ1) is 15.8. The van der Waals surface area contributed by atoms with E-state index in [9.17, 15) is 5.11 Å². The minimum Gasteiger partial charge on any atom is -0.378 e. The highest BCUT2D eigenvalue weighted by Gasteiger charge is 2.11. The van der Waals surface area contributed by atoms with Crippen molar-refractivity contribution in [1.29, 1.82) is 0 Å². The zero-order valence-corrected chi connectivity index (χ0v) is 10.9. The van der Waals surface area contributed by atoms with Gasteiger partial charge in [0.25, 0.3) is 0 Å². The molecule has 5 nitrogen and oxygen atoms in total. The normalized spacial score (nSPS) is 12.4. The van der Waals surface area contributed by atoms with Crippen molar-refractivity contribution in [2.45, 2.75) is 19.6 Å². The number of nitrogens with zero attached hydrogens (tertiary/aromatic N) is 1. The molecule has 0 heterocycles. The Balaban J connectivity index is 3.05. The molecule has 5 heteroatoms. The fourth-order valence-corrected chi connectivity index (χ4v) is 0.919. The Morgan fingerprint density at radius 1 is 0.938 bits per heavy atom. The van der Waals surface area contributed by atoms with E-state index < -0.39 is 5.79 Å². The lowest BCUT2D eigenvalue weighted by molar-refractivity contribution is -0.183. The summed E-state index contributed by atoms with van der Waals surface area (Å²) >= 11 is 0. The van der Waals surface area contributed by atoms with Crippen molar-refractivity contribution in [2.24, 2.45) is 0 Å². The van der Waals surface area contributed by atoms with Gasteiger partial charge in [-0.3, -0.25) is 0 Å². The Morgan fingerprint density at radius 2 is 1.44 bits per heavy atom. The largest absolute Gasteiger partial charge is 0.378 e. The number of hydrogen-bond donors (Lipinski definition) is 1. The first-order valence-corrected chi connectivity index (χ1v) is 5.58. The molecule has 16 heavy (non-hydrogen) atoms. The van der Waals surface area contributed by atoms with Gasteiger partial charge in [-0.25, -0.2) is 0 Å². The van der Waals surface area contributed by atoms with Crippen LogP contribution in [-0.2, 0) is 14.2 Å². The molecule has 0 aromatic rings. The fraction of sp³-hybridized carbons (Fsp3) is 1.00. The van der Waals surface area contributed by atoms with Crippen LogP contribution < -0.4 is 0 Å². The van der Waals surface area contributed by atoms with Crippen LogP contribution in [0.1, 0.15) is 13.8 Å². The van der Waals surface area contributed by atoms with Crippen LogP contribution in [0.3, 0.4) is 0 Å². The summed E-state index contributed by atoms with van der Waals surface area (Å²) in [6.45, 7) is 6.84. The van der Waals surface area contributed by atoms with Crippen LogP contribution in [0.5, 0.6) is 0 Å². The third-order valence-corrected chi connectivity index (χ3v) is 1.74. The molecule has 0 rings (SSSR count). The number of likely N-dealkylation sites (N-methyl/N-ethyl adjacent to an activating group) is 1. The molecular formula is C11H25NO4. The molecule has 0 unspecified atom stereocenters. The number of aliphatic hydroxyl groups is 1. The van der Waals surface area contributed by atoms with Crippen molar-refractivity contribution in [3.63, 3.8) is 0 Å². The van der Waals surface area contributed by atoms with Gasteiger partial charge < -0.3 is 24.2 Å². The molecule has 0 radical (unpaired) electrons. The molecule has 0 fully saturated rings. The van der Waals surface area contributed by atoms with E-state index in [-0.39, 0.29) is 0 Å². The highest BCUT2D eigenvalue weighted by atomic mass is 16.6. The third-order valence-electron chi connectivity index (χ3n) is 1.74. The van der Waals surface area contributed by atoms with Crippen LogP contribution in [0.4, 0.5) is 0 Å². The topological polar surface area (TPSA) is 51.2 Å². The summed E-state index contributed by atoms with van der Waals surface area (Å²) in [6.07, 6.45) is 0. The molecule has 98 valence electrons. The van der Waals surface area contributed by atoms with Gasteiger partial charge in [-0.2, -0.15) is 0 Å². The van der Waals surface area contributed by atoms with Crippen molar-refractivity contribution >= 4 is 0 Å². The first-order valence-electron chi connectivity index (χ1n) is 5.58. The Bertz CT molecular complexity index is 157. The lowest BCUT2D eigenvalue weighted by Gasteiger charge is -2.17. The summed E-state index contributed by atoms with van der Waals surface area (Å²) in [6, 6.07) is 0. The second-order valence-electron chi connectivity index (χ2n) is 4.32. The minimum absolute atomic E-state index is 0.390. The lowest BCUT2D eigenvalue weighted by atomic mass is 10.4. The predicted molar refractivity (Wildman–Crippen MR) is 62.4 cm³/mol. The van der Waals surface area contributed by atoms with Crippen LogP contribution in [0, 0.1) is 0 Å². The average molecular weight is 235 g/mol. The molecule has 0 aliphatic rings. The summed E-state index contributed by atoms with van der Waals surface area (Å²) < 4.78 is 15.7. The van der Waals surface area contributed by atoms with Crippen molar-refractivity contribution in [2.75, 3.05) is 53.7 Å². The first-order chi connectivity index (χ1) is 7.42. The Hall–Kier alpha value is -0.200. The monoisotopic (exact) mass is 235 g/mol. The second kappa shape index (κ2) is 8.90. The smallest absolute Gasteiger partial charge is 0.159 e. The SMILES string of the molecule is CN(C)CCOCCOCCOC(C)(C)O. The molecule has 0 aromatic heterocycles. The summed E-state index contributed by atoms with van der Waals surface area (Å²) in [7, 11) is 4.02. The van der Waals surface area contributed by atoms with E-state index in [1.807, 2.05) is 14.1 Å². The van der Waals surface area contributed by atoms with Crippen molar-refractivity contribution in [1.82, 2.24) is 4.90 Å². The van der Waals surface area contributed by atoms with Gasteiger partial charge in [-0.15, -0.1) is 0 Å². The number of rotatable bonds is 10. The summed E-state index contributed by atoms with van der Waals surface area (Å²) in [5.41, 5.74) is 0. The molecule has 0 aliphatic carbocycles. The standard InChI is InChI=1S/C11H25NO4/c1-11(2,13)16-10-9-15-8-7-14-6-5-12(3)4/h13H,5-10H2,1-4H3. The van der Waals surface area contributed by atoms with E-state index in [0.717, 1.165) is 13.2 Å². The predicted octanol–water partition coefficient (Wildman–Crippen LogP) is 0.326. The molecule has 0 spiro atoms. The average Bonchev–Trinajstić information content (AvgIpc) is 2.13. The maximum Gasteiger partial charge on any atom is 0.159 e. The van der Waals surface area contributed by atoms with E-state index in [4.69, 9.17) is 14.2 Å². The zero-order chi connectivity index (χ0) is 12.4. The fourth-order valence-electron chi connectivity index (χ4n) is 0.919. The van der Waals surface area contributed by atoms with E-state index in [1.165, 1.54) is 0 Å². The zero-order valence-electron chi connectivity index (χ0n) is 10.9. The van der Waals surface area contributed by atoms with Gasteiger partial charge in [0.15, 0.2) is 5.79 Å². The summed E-state index contributed by atoms with van der Waals surface area (Å²) in [5, 5.41) is 9.24. The molecule has 0 aliphatic heterocycles. The summed E-state index contributed by atoms with van der Waals surface area (Å²) in [5.74, 6) is -1.08.